The molecule has 0 bridgehead atoms. The van der Waals surface area contributed by atoms with Crippen LogP contribution in [0.25, 0.3) is 0 Å². The number of para-hydroxylation sites is 1. The van der Waals surface area contributed by atoms with Crippen LogP contribution in [0.3, 0.4) is 0 Å². The fraction of sp³-hybridized carbons (Fsp3) is 0.316. The number of carbonyl (C=O) groups excluding carboxylic acids is 1. The van der Waals surface area contributed by atoms with Gasteiger partial charge in [0.15, 0.2) is 0 Å². The van der Waals surface area contributed by atoms with E-state index in [0.717, 1.165) is 16.9 Å². The molecule has 5 nitrogen and oxygen atoms in total. The Morgan fingerprint density at radius 3 is 2.54 bits per heavy atom. The number of carbonyl (C=O) groups is 1. The third-order valence-corrected chi connectivity index (χ3v) is 3.64. The molecule has 2 rings (SSSR count). The smallest absolute Gasteiger partial charge is 0.315 e. The van der Waals surface area contributed by atoms with Crippen LogP contribution in [0.2, 0.25) is 0 Å². The van der Waals surface area contributed by atoms with Crippen LogP contribution in [-0.4, -0.2) is 24.4 Å². The fourth-order valence-electron chi connectivity index (χ4n) is 2.47. The molecule has 0 aromatic heterocycles. The standard InChI is InChI=1S/C19H24N2O3/c1-2-24-18-11-7-6-10-16(18)14-20-19(23)21-17(12-13-22)15-8-4-3-5-9-15/h3-11,17,22H,2,12-14H2,1H3,(H2,20,21,23)/t17-/m1/s1. The Bertz CT molecular complexity index is 632. The zero-order chi connectivity index (χ0) is 17.2. The highest BCUT2D eigenvalue weighted by molar-refractivity contribution is 5.74. The first-order valence-corrected chi connectivity index (χ1v) is 8.15. The minimum Gasteiger partial charge on any atom is -0.494 e. The van der Waals surface area contributed by atoms with Crippen LogP contribution in [0, 0.1) is 0 Å². The number of ether oxygens (including phenoxy) is 1. The maximum atomic E-state index is 12.2. The van der Waals surface area contributed by atoms with Crippen molar-refractivity contribution in [3.63, 3.8) is 0 Å². The summed E-state index contributed by atoms with van der Waals surface area (Å²) in [5.74, 6) is 0.773. The van der Waals surface area contributed by atoms with E-state index in [1.807, 2.05) is 61.5 Å². The molecule has 0 saturated carbocycles. The maximum Gasteiger partial charge on any atom is 0.315 e. The Morgan fingerprint density at radius 2 is 1.83 bits per heavy atom. The Hall–Kier alpha value is -2.53. The molecule has 5 heteroatoms. The molecule has 128 valence electrons. The first kappa shape index (κ1) is 17.8. The van der Waals surface area contributed by atoms with Crippen LogP contribution in [0.15, 0.2) is 54.6 Å². The highest BCUT2D eigenvalue weighted by Gasteiger charge is 2.14. The van der Waals surface area contributed by atoms with Gasteiger partial charge < -0.3 is 20.5 Å². The van der Waals surface area contributed by atoms with E-state index in [4.69, 9.17) is 4.74 Å². The van der Waals surface area contributed by atoms with Crippen molar-refractivity contribution in [1.29, 1.82) is 0 Å². The van der Waals surface area contributed by atoms with E-state index >= 15 is 0 Å². The van der Waals surface area contributed by atoms with Crippen LogP contribution in [0.1, 0.15) is 30.5 Å². The molecule has 0 aliphatic heterocycles. The third kappa shape index (κ3) is 5.28. The van der Waals surface area contributed by atoms with Gasteiger partial charge >= 0.3 is 6.03 Å². The zero-order valence-electron chi connectivity index (χ0n) is 13.9. The number of nitrogens with one attached hydrogen (secondary N) is 2. The molecule has 24 heavy (non-hydrogen) atoms. The third-order valence-electron chi connectivity index (χ3n) is 3.64. The van der Waals surface area contributed by atoms with Gasteiger partial charge in [0, 0.05) is 18.7 Å². The second-order valence-electron chi connectivity index (χ2n) is 5.34. The van der Waals surface area contributed by atoms with Gasteiger partial charge in [-0.2, -0.15) is 0 Å². The van der Waals surface area contributed by atoms with Crippen LogP contribution < -0.4 is 15.4 Å². The van der Waals surface area contributed by atoms with Gasteiger partial charge in [-0.05, 0) is 25.0 Å². The number of hydrogen-bond acceptors (Lipinski definition) is 3. The Kier molecular flexibility index (Phi) is 7.11. The lowest BCUT2D eigenvalue weighted by atomic mass is 10.0. The summed E-state index contributed by atoms with van der Waals surface area (Å²) in [5.41, 5.74) is 1.89. The molecule has 0 radical (unpaired) electrons. The molecule has 0 spiro atoms. The van der Waals surface area contributed by atoms with Crippen LogP contribution >= 0.6 is 0 Å². The zero-order valence-corrected chi connectivity index (χ0v) is 13.9. The van der Waals surface area contributed by atoms with E-state index in [1.54, 1.807) is 0 Å². The average Bonchev–Trinajstić information content (AvgIpc) is 2.62. The first-order valence-electron chi connectivity index (χ1n) is 8.15. The lowest BCUT2D eigenvalue weighted by Crippen LogP contribution is -2.38. The predicted molar refractivity (Wildman–Crippen MR) is 93.9 cm³/mol. The second kappa shape index (κ2) is 9.57. The van der Waals surface area contributed by atoms with Crippen LogP contribution in [0.5, 0.6) is 5.75 Å². The Labute approximate surface area is 142 Å². The summed E-state index contributed by atoms with van der Waals surface area (Å²) in [4.78, 5) is 12.2. The summed E-state index contributed by atoms with van der Waals surface area (Å²) < 4.78 is 5.55. The molecule has 0 fully saturated rings. The number of amides is 2. The minimum absolute atomic E-state index is 0.00696. The highest BCUT2D eigenvalue weighted by atomic mass is 16.5. The molecule has 2 aromatic carbocycles. The number of urea groups is 1. The number of aliphatic hydroxyl groups excluding tert-OH is 1. The van der Waals surface area contributed by atoms with Crippen molar-refractivity contribution < 1.29 is 14.6 Å². The number of hydrogen-bond donors (Lipinski definition) is 3. The van der Waals surface area contributed by atoms with Crippen LogP contribution in [0.4, 0.5) is 4.79 Å². The van der Waals surface area contributed by atoms with Crippen molar-refractivity contribution >= 4 is 6.03 Å². The summed E-state index contributed by atoms with van der Waals surface area (Å²) in [6, 6.07) is 16.7. The fourth-order valence-corrected chi connectivity index (χ4v) is 2.47. The van der Waals surface area contributed by atoms with Gasteiger partial charge in [0.2, 0.25) is 0 Å². The topological polar surface area (TPSA) is 70.6 Å². The average molecular weight is 328 g/mol. The minimum atomic E-state index is -0.274. The molecule has 2 aromatic rings. The molecule has 1 atom stereocenters. The van der Waals surface area contributed by atoms with Gasteiger partial charge in [-0.25, -0.2) is 4.79 Å². The van der Waals surface area contributed by atoms with E-state index in [9.17, 15) is 9.90 Å². The van der Waals surface area contributed by atoms with Crippen molar-refractivity contribution in [2.45, 2.75) is 25.9 Å². The lowest BCUT2D eigenvalue weighted by molar-refractivity contribution is 0.228. The molecule has 0 unspecified atom stereocenters. The van der Waals surface area contributed by atoms with E-state index < -0.39 is 0 Å². The SMILES string of the molecule is CCOc1ccccc1CNC(=O)N[C@H](CCO)c1ccccc1. The van der Waals surface area contributed by atoms with Gasteiger partial charge in [0.05, 0.1) is 12.6 Å². The second-order valence-corrected chi connectivity index (χ2v) is 5.34. The van der Waals surface area contributed by atoms with E-state index in [-0.39, 0.29) is 18.7 Å². The monoisotopic (exact) mass is 328 g/mol. The van der Waals surface area contributed by atoms with Gasteiger partial charge in [0.1, 0.15) is 5.75 Å². The van der Waals surface area contributed by atoms with Gasteiger partial charge in [0.25, 0.3) is 0 Å². The van der Waals surface area contributed by atoms with E-state index in [2.05, 4.69) is 10.6 Å². The highest BCUT2D eigenvalue weighted by Crippen LogP contribution is 2.18. The molecule has 0 heterocycles. The predicted octanol–water partition coefficient (Wildman–Crippen LogP) is 3.01. The quantitative estimate of drug-likeness (QED) is 0.697. The van der Waals surface area contributed by atoms with E-state index in [0.29, 0.717) is 19.6 Å². The Morgan fingerprint density at radius 1 is 1.12 bits per heavy atom. The van der Waals surface area contributed by atoms with Gasteiger partial charge in [-0.1, -0.05) is 48.5 Å². The molecule has 2 amide bonds. The van der Waals surface area contributed by atoms with Crippen molar-refractivity contribution in [3.05, 3.63) is 65.7 Å². The summed E-state index contributed by atoms with van der Waals surface area (Å²) in [5, 5.41) is 15.0. The number of benzene rings is 2. The van der Waals surface area contributed by atoms with Crippen molar-refractivity contribution in [2.24, 2.45) is 0 Å². The van der Waals surface area contributed by atoms with Crippen molar-refractivity contribution in [2.75, 3.05) is 13.2 Å². The molecule has 0 saturated heterocycles. The Balaban J connectivity index is 1.94. The lowest BCUT2D eigenvalue weighted by Gasteiger charge is -2.19. The summed E-state index contributed by atoms with van der Waals surface area (Å²) in [6.45, 7) is 2.89. The molecule has 0 aliphatic carbocycles. The summed E-state index contributed by atoms with van der Waals surface area (Å²) >= 11 is 0. The molecule has 0 aliphatic rings. The molecular weight excluding hydrogens is 304 g/mol. The largest absolute Gasteiger partial charge is 0.494 e. The molecule has 3 N–H and O–H groups in total. The summed E-state index contributed by atoms with van der Waals surface area (Å²) in [6.07, 6.45) is 0.465. The number of rotatable bonds is 8. The normalized spacial score (nSPS) is 11.6. The maximum absolute atomic E-state index is 12.2. The van der Waals surface area contributed by atoms with Crippen molar-refractivity contribution in [3.8, 4) is 5.75 Å². The number of aliphatic hydroxyl groups is 1. The molecular formula is C19H24N2O3. The van der Waals surface area contributed by atoms with E-state index in [1.165, 1.54) is 0 Å². The van der Waals surface area contributed by atoms with Crippen LogP contribution in [-0.2, 0) is 6.54 Å². The first-order chi connectivity index (χ1) is 11.7. The summed E-state index contributed by atoms with van der Waals surface area (Å²) in [7, 11) is 0. The van der Waals surface area contributed by atoms with Gasteiger partial charge in [-0.15, -0.1) is 0 Å². The van der Waals surface area contributed by atoms with Crippen molar-refractivity contribution in [1.82, 2.24) is 10.6 Å². The van der Waals surface area contributed by atoms with Gasteiger partial charge in [-0.3, -0.25) is 0 Å².